The second-order valence-corrected chi connectivity index (χ2v) is 6.26. The maximum Gasteiger partial charge on any atom is 0.458 e. The lowest BCUT2D eigenvalue weighted by Crippen LogP contribution is -2.44. The zero-order valence-electron chi connectivity index (χ0n) is 13.9. The van der Waals surface area contributed by atoms with E-state index in [1.807, 2.05) is 4.90 Å². The zero-order chi connectivity index (χ0) is 19.2. The van der Waals surface area contributed by atoms with E-state index in [4.69, 9.17) is 0 Å². The van der Waals surface area contributed by atoms with Gasteiger partial charge in [-0.3, -0.25) is 0 Å². The maximum atomic E-state index is 13.8. The normalized spacial score (nSPS) is 16.3. The average molecular weight is 383 g/mol. The molecule has 0 radical (unpaired) electrons. The number of halogens is 5. The molecule has 1 aliphatic rings. The van der Waals surface area contributed by atoms with Gasteiger partial charge in [-0.25, -0.2) is 15.0 Å². The van der Waals surface area contributed by atoms with Crippen molar-refractivity contribution in [3.63, 3.8) is 0 Å². The number of hydrogen-bond donors (Lipinski definition) is 1. The van der Waals surface area contributed by atoms with E-state index < -0.39 is 17.7 Å². The van der Waals surface area contributed by atoms with Crippen LogP contribution in [0.5, 0.6) is 0 Å². The van der Waals surface area contributed by atoms with Crippen molar-refractivity contribution in [1.29, 1.82) is 0 Å². The Hall–Kier alpha value is -2.62. The molecular formula is C17H14F5N5. The number of alkyl halides is 5. The molecule has 5 nitrogen and oxygen atoms in total. The third kappa shape index (κ3) is 2.93. The molecule has 4 rings (SSSR count). The number of anilines is 1. The third-order valence-corrected chi connectivity index (χ3v) is 4.57. The topological polar surface area (TPSA) is 53.9 Å². The molecule has 1 saturated heterocycles. The van der Waals surface area contributed by atoms with E-state index in [1.165, 1.54) is 18.6 Å². The molecule has 2 aromatic heterocycles. The lowest BCUT2D eigenvalue weighted by atomic mass is 10.0. The first-order chi connectivity index (χ1) is 12.8. The van der Waals surface area contributed by atoms with Crippen molar-refractivity contribution in [2.24, 2.45) is 0 Å². The minimum absolute atomic E-state index is 0.158. The van der Waals surface area contributed by atoms with Crippen molar-refractivity contribution in [3.05, 3.63) is 36.3 Å². The van der Waals surface area contributed by atoms with Gasteiger partial charge in [-0.15, -0.1) is 0 Å². The van der Waals surface area contributed by atoms with E-state index in [0.29, 0.717) is 35.3 Å². The number of nitrogens with zero attached hydrogens (tertiary/aromatic N) is 4. The largest absolute Gasteiger partial charge is 0.458 e. The number of nitrogens with one attached hydrogen (secondary N) is 1. The summed E-state index contributed by atoms with van der Waals surface area (Å²) in [4.78, 5) is 14.6. The summed E-state index contributed by atoms with van der Waals surface area (Å²) < 4.78 is 65.7. The molecule has 27 heavy (non-hydrogen) atoms. The summed E-state index contributed by atoms with van der Waals surface area (Å²) in [6, 6.07) is 2.77. The summed E-state index contributed by atoms with van der Waals surface area (Å²) in [7, 11) is 0. The molecule has 0 atom stereocenters. The first-order valence-corrected chi connectivity index (χ1v) is 8.23. The minimum atomic E-state index is -5.68. The highest BCUT2D eigenvalue weighted by Gasteiger charge is 2.58. The lowest BCUT2D eigenvalue weighted by Gasteiger charge is -2.29. The third-order valence-electron chi connectivity index (χ3n) is 4.57. The van der Waals surface area contributed by atoms with Gasteiger partial charge in [0.2, 0.25) is 0 Å². The Bertz CT molecular complexity index is 998. The van der Waals surface area contributed by atoms with Crippen LogP contribution in [0.4, 0.5) is 27.8 Å². The van der Waals surface area contributed by atoms with Crippen LogP contribution in [0.3, 0.4) is 0 Å². The second-order valence-electron chi connectivity index (χ2n) is 6.26. The molecule has 1 N–H and O–H groups in total. The number of piperazine rings is 1. The highest BCUT2D eigenvalue weighted by molar-refractivity contribution is 6.08. The van der Waals surface area contributed by atoms with Gasteiger partial charge in [-0.1, -0.05) is 6.07 Å². The molecule has 142 valence electrons. The van der Waals surface area contributed by atoms with Crippen LogP contribution in [0, 0.1) is 0 Å². The molecule has 0 spiro atoms. The Labute approximate surface area is 150 Å². The molecule has 0 amide bonds. The summed E-state index contributed by atoms with van der Waals surface area (Å²) in [5.41, 5.74) is -0.399. The van der Waals surface area contributed by atoms with Crippen molar-refractivity contribution in [3.8, 4) is 0 Å². The first kappa shape index (κ1) is 17.8. The molecule has 1 aliphatic heterocycles. The number of hydrogen-bond acceptors (Lipinski definition) is 5. The zero-order valence-corrected chi connectivity index (χ0v) is 13.9. The Kier molecular flexibility index (Phi) is 4.10. The van der Waals surface area contributed by atoms with Crippen LogP contribution in [-0.4, -0.2) is 47.3 Å². The van der Waals surface area contributed by atoms with Gasteiger partial charge in [0.05, 0.1) is 5.52 Å². The smallest absolute Gasteiger partial charge is 0.352 e. The predicted molar refractivity (Wildman–Crippen MR) is 89.9 cm³/mol. The summed E-state index contributed by atoms with van der Waals surface area (Å²) >= 11 is 0. The summed E-state index contributed by atoms with van der Waals surface area (Å²) in [5, 5.41) is 3.76. The predicted octanol–water partition coefficient (Wildman–Crippen LogP) is 3.24. The molecule has 3 heterocycles. The van der Waals surface area contributed by atoms with Gasteiger partial charge in [-0.05, 0) is 12.1 Å². The Morgan fingerprint density at radius 3 is 2.44 bits per heavy atom. The Morgan fingerprint density at radius 1 is 1.00 bits per heavy atom. The van der Waals surface area contributed by atoms with E-state index >= 15 is 0 Å². The average Bonchev–Trinajstić information content (AvgIpc) is 2.66. The highest BCUT2D eigenvalue weighted by Crippen LogP contribution is 2.45. The van der Waals surface area contributed by atoms with E-state index in [0.717, 1.165) is 25.2 Å². The van der Waals surface area contributed by atoms with E-state index in [2.05, 4.69) is 20.3 Å². The van der Waals surface area contributed by atoms with Gasteiger partial charge in [0.25, 0.3) is 0 Å². The number of pyridine rings is 1. The SMILES string of the molecule is FC(F)(F)C(F)(F)c1ccc2nc(N3CCNCC3)c3ncncc3c2c1. The van der Waals surface area contributed by atoms with Crippen LogP contribution in [0.15, 0.2) is 30.7 Å². The summed E-state index contributed by atoms with van der Waals surface area (Å²) in [6.07, 6.45) is -2.97. The van der Waals surface area contributed by atoms with E-state index in [1.54, 1.807) is 0 Å². The van der Waals surface area contributed by atoms with Crippen molar-refractivity contribution in [2.75, 3.05) is 31.1 Å². The van der Waals surface area contributed by atoms with Crippen molar-refractivity contribution >= 4 is 27.6 Å². The van der Waals surface area contributed by atoms with Gasteiger partial charge in [0, 0.05) is 48.7 Å². The van der Waals surface area contributed by atoms with E-state index in [-0.39, 0.29) is 5.39 Å². The van der Waals surface area contributed by atoms with Crippen molar-refractivity contribution in [2.45, 2.75) is 12.1 Å². The van der Waals surface area contributed by atoms with Gasteiger partial charge in [0.1, 0.15) is 11.8 Å². The molecule has 10 heteroatoms. The molecular weight excluding hydrogens is 369 g/mol. The van der Waals surface area contributed by atoms with Gasteiger partial charge in [0.15, 0.2) is 5.82 Å². The van der Waals surface area contributed by atoms with Crippen LogP contribution in [0.1, 0.15) is 5.56 Å². The van der Waals surface area contributed by atoms with Crippen LogP contribution in [0.2, 0.25) is 0 Å². The Morgan fingerprint density at radius 2 is 1.74 bits per heavy atom. The molecule has 3 aromatic rings. The fourth-order valence-electron chi connectivity index (χ4n) is 3.18. The number of benzene rings is 1. The monoisotopic (exact) mass is 383 g/mol. The second kappa shape index (κ2) is 6.22. The molecule has 0 aliphatic carbocycles. The Balaban J connectivity index is 1.94. The maximum absolute atomic E-state index is 13.8. The fourth-order valence-corrected chi connectivity index (χ4v) is 3.18. The molecule has 1 fully saturated rings. The van der Waals surface area contributed by atoms with Gasteiger partial charge >= 0.3 is 12.1 Å². The number of fused-ring (bicyclic) bond motifs is 3. The van der Waals surface area contributed by atoms with Crippen LogP contribution >= 0.6 is 0 Å². The van der Waals surface area contributed by atoms with Crippen LogP contribution in [0.25, 0.3) is 21.8 Å². The number of aromatic nitrogens is 3. The first-order valence-electron chi connectivity index (χ1n) is 8.23. The molecule has 0 unspecified atom stereocenters. The standard InChI is InChI=1S/C17H14F5N5/c18-16(19,17(20,21)22)10-1-2-13-11(7-10)12-8-24-9-25-14(12)15(26-13)27-5-3-23-4-6-27/h1-2,7-9,23H,3-6H2. The van der Waals surface area contributed by atoms with Crippen LogP contribution in [-0.2, 0) is 5.92 Å². The van der Waals surface area contributed by atoms with Crippen LogP contribution < -0.4 is 10.2 Å². The van der Waals surface area contributed by atoms with E-state index in [9.17, 15) is 22.0 Å². The summed E-state index contributed by atoms with van der Waals surface area (Å²) in [6.45, 7) is 2.87. The molecule has 0 saturated carbocycles. The quantitative estimate of drug-likeness (QED) is 0.544. The fraction of sp³-hybridized carbons (Fsp3) is 0.353. The molecule has 0 bridgehead atoms. The molecule has 1 aromatic carbocycles. The minimum Gasteiger partial charge on any atom is -0.352 e. The lowest BCUT2D eigenvalue weighted by molar-refractivity contribution is -0.289. The number of rotatable bonds is 2. The summed E-state index contributed by atoms with van der Waals surface area (Å²) in [5.74, 6) is -4.39. The van der Waals surface area contributed by atoms with Gasteiger partial charge in [-0.2, -0.15) is 22.0 Å². The van der Waals surface area contributed by atoms with Crippen molar-refractivity contribution in [1.82, 2.24) is 20.3 Å². The highest BCUT2D eigenvalue weighted by atomic mass is 19.4. The van der Waals surface area contributed by atoms with Crippen molar-refractivity contribution < 1.29 is 22.0 Å². The van der Waals surface area contributed by atoms with Gasteiger partial charge < -0.3 is 10.2 Å².